The molecule has 0 aromatic heterocycles. The van der Waals surface area contributed by atoms with E-state index < -0.39 is 9.84 Å². The second-order valence-corrected chi connectivity index (χ2v) is 6.05. The van der Waals surface area contributed by atoms with Crippen LogP contribution in [0.15, 0.2) is 23.1 Å². The molecular formula is C11H14O3S. The molecule has 2 rings (SSSR count). The summed E-state index contributed by atoms with van der Waals surface area (Å²) in [6.45, 7) is 1.96. The number of aliphatic hydroxyl groups excluding tert-OH is 1. The van der Waals surface area contributed by atoms with Crippen LogP contribution in [0.1, 0.15) is 24.0 Å². The Kier molecular flexibility index (Phi) is 2.56. The Morgan fingerprint density at radius 2 is 2.20 bits per heavy atom. The van der Waals surface area contributed by atoms with Crippen LogP contribution in [0, 0.1) is 0 Å². The molecule has 82 valence electrons. The van der Waals surface area contributed by atoms with Gasteiger partial charge >= 0.3 is 0 Å². The molecule has 0 bridgehead atoms. The lowest BCUT2D eigenvalue weighted by Crippen LogP contribution is -2.03. The summed E-state index contributed by atoms with van der Waals surface area (Å²) in [6.07, 6.45) is 0.582. The monoisotopic (exact) mass is 226 g/mol. The van der Waals surface area contributed by atoms with Crippen LogP contribution in [-0.2, 0) is 16.3 Å². The number of rotatable bonds is 2. The average Bonchev–Trinajstić information content (AvgIpc) is 2.54. The van der Waals surface area contributed by atoms with Crippen molar-refractivity contribution in [3.8, 4) is 0 Å². The van der Waals surface area contributed by atoms with E-state index in [1.807, 2.05) is 13.0 Å². The minimum atomic E-state index is -3.05. The van der Waals surface area contributed by atoms with E-state index in [-0.39, 0.29) is 18.3 Å². The standard InChI is InChI=1S/C11H14O3S/c1-8(7-12)9-3-2-4-11-10(9)5-6-15(11,13)14/h2-4,8,12H,5-7H2,1H3. The van der Waals surface area contributed by atoms with Crippen molar-refractivity contribution in [1.82, 2.24) is 0 Å². The van der Waals surface area contributed by atoms with Crippen molar-refractivity contribution in [3.05, 3.63) is 29.3 Å². The molecule has 0 amide bonds. The topological polar surface area (TPSA) is 54.4 Å². The van der Waals surface area contributed by atoms with Crippen LogP contribution in [0.2, 0.25) is 0 Å². The van der Waals surface area contributed by atoms with Gasteiger partial charge in [-0.1, -0.05) is 19.1 Å². The Morgan fingerprint density at radius 1 is 1.47 bits per heavy atom. The van der Waals surface area contributed by atoms with Crippen LogP contribution < -0.4 is 0 Å². The largest absolute Gasteiger partial charge is 0.396 e. The molecule has 0 fully saturated rings. The highest BCUT2D eigenvalue weighted by Crippen LogP contribution is 2.32. The normalized spacial score (nSPS) is 19.9. The quantitative estimate of drug-likeness (QED) is 0.822. The molecule has 3 nitrogen and oxygen atoms in total. The summed E-state index contributed by atoms with van der Waals surface area (Å²) in [4.78, 5) is 0.459. The highest BCUT2D eigenvalue weighted by atomic mass is 32.2. The molecular weight excluding hydrogens is 212 g/mol. The second kappa shape index (κ2) is 3.61. The fourth-order valence-corrected chi connectivity index (χ4v) is 3.62. The zero-order valence-electron chi connectivity index (χ0n) is 8.60. The van der Waals surface area contributed by atoms with Crippen LogP contribution >= 0.6 is 0 Å². The van der Waals surface area contributed by atoms with Gasteiger partial charge in [-0.05, 0) is 23.6 Å². The third-order valence-electron chi connectivity index (χ3n) is 2.93. The number of sulfone groups is 1. The van der Waals surface area contributed by atoms with Crippen molar-refractivity contribution >= 4 is 9.84 Å². The van der Waals surface area contributed by atoms with E-state index in [0.29, 0.717) is 11.3 Å². The summed E-state index contributed by atoms with van der Waals surface area (Å²) in [6, 6.07) is 5.31. The summed E-state index contributed by atoms with van der Waals surface area (Å²) >= 11 is 0. The van der Waals surface area contributed by atoms with Gasteiger partial charge in [0.05, 0.1) is 10.6 Å². The van der Waals surface area contributed by atoms with Gasteiger partial charge in [0.15, 0.2) is 9.84 Å². The van der Waals surface area contributed by atoms with Crippen molar-refractivity contribution in [1.29, 1.82) is 0 Å². The Balaban J connectivity index is 2.59. The SMILES string of the molecule is CC(CO)c1cccc2c1CCS2(=O)=O. The van der Waals surface area contributed by atoms with Crippen molar-refractivity contribution in [2.24, 2.45) is 0 Å². The van der Waals surface area contributed by atoms with Crippen molar-refractivity contribution < 1.29 is 13.5 Å². The summed E-state index contributed by atoms with van der Waals surface area (Å²) < 4.78 is 23.3. The van der Waals surface area contributed by atoms with E-state index >= 15 is 0 Å². The van der Waals surface area contributed by atoms with Gasteiger partial charge in [0, 0.05) is 12.5 Å². The highest BCUT2D eigenvalue weighted by Gasteiger charge is 2.28. The van der Waals surface area contributed by atoms with Crippen molar-refractivity contribution in [2.45, 2.75) is 24.2 Å². The number of aliphatic hydroxyl groups is 1. The Morgan fingerprint density at radius 3 is 2.87 bits per heavy atom. The van der Waals surface area contributed by atoms with Gasteiger partial charge in [-0.3, -0.25) is 0 Å². The van der Waals surface area contributed by atoms with Crippen LogP contribution in [0.4, 0.5) is 0 Å². The second-order valence-electron chi connectivity index (χ2n) is 3.98. The molecule has 1 aromatic carbocycles. The molecule has 1 unspecified atom stereocenters. The predicted molar refractivity (Wildman–Crippen MR) is 57.7 cm³/mol. The van der Waals surface area contributed by atoms with Crippen LogP contribution in [0.25, 0.3) is 0 Å². The lowest BCUT2D eigenvalue weighted by Gasteiger charge is -2.12. The predicted octanol–water partition coefficient (Wildman–Crippen LogP) is 1.11. The number of fused-ring (bicyclic) bond motifs is 1. The lowest BCUT2D eigenvalue weighted by molar-refractivity contribution is 0.272. The average molecular weight is 226 g/mol. The van der Waals surface area contributed by atoms with Crippen LogP contribution in [-0.4, -0.2) is 25.9 Å². The Bertz CT molecular complexity index is 477. The van der Waals surface area contributed by atoms with E-state index in [1.165, 1.54) is 0 Å². The molecule has 0 saturated carbocycles. The lowest BCUT2D eigenvalue weighted by atomic mass is 9.95. The molecule has 1 aromatic rings. The third-order valence-corrected chi connectivity index (χ3v) is 4.72. The smallest absolute Gasteiger partial charge is 0.178 e. The summed E-state index contributed by atoms with van der Waals surface area (Å²) in [7, 11) is -3.05. The zero-order chi connectivity index (χ0) is 11.1. The summed E-state index contributed by atoms with van der Waals surface area (Å²) in [5.74, 6) is 0.213. The fraction of sp³-hybridized carbons (Fsp3) is 0.455. The van der Waals surface area contributed by atoms with Gasteiger partial charge in [-0.25, -0.2) is 8.42 Å². The van der Waals surface area contributed by atoms with Gasteiger partial charge in [-0.2, -0.15) is 0 Å². The van der Waals surface area contributed by atoms with Gasteiger partial charge in [0.1, 0.15) is 0 Å². The first-order valence-electron chi connectivity index (χ1n) is 5.01. The molecule has 1 aliphatic rings. The molecule has 15 heavy (non-hydrogen) atoms. The first-order valence-corrected chi connectivity index (χ1v) is 6.67. The molecule has 0 saturated heterocycles. The molecule has 0 spiro atoms. The number of hydrogen-bond acceptors (Lipinski definition) is 3. The molecule has 0 radical (unpaired) electrons. The Hall–Kier alpha value is -0.870. The minimum Gasteiger partial charge on any atom is -0.396 e. The molecule has 1 atom stereocenters. The van der Waals surface area contributed by atoms with Crippen molar-refractivity contribution in [2.75, 3.05) is 12.4 Å². The summed E-state index contributed by atoms with van der Waals surface area (Å²) in [5.41, 5.74) is 1.87. The van der Waals surface area contributed by atoms with E-state index in [9.17, 15) is 8.42 Å². The molecule has 4 heteroatoms. The maximum atomic E-state index is 11.7. The zero-order valence-corrected chi connectivity index (χ0v) is 9.42. The molecule has 1 aliphatic heterocycles. The fourth-order valence-electron chi connectivity index (χ4n) is 2.05. The Labute approximate surface area is 89.7 Å². The number of hydrogen-bond donors (Lipinski definition) is 1. The molecule has 1 heterocycles. The van der Waals surface area contributed by atoms with Gasteiger partial charge in [0.2, 0.25) is 0 Å². The maximum absolute atomic E-state index is 11.7. The van der Waals surface area contributed by atoms with Crippen molar-refractivity contribution in [3.63, 3.8) is 0 Å². The minimum absolute atomic E-state index is 0.00764. The highest BCUT2D eigenvalue weighted by molar-refractivity contribution is 7.91. The van der Waals surface area contributed by atoms with Gasteiger partial charge < -0.3 is 5.11 Å². The first-order chi connectivity index (χ1) is 7.06. The number of benzene rings is 1. The summed E-state index contributed by atoms with van der Waals surface area (Å²) in [5, 5.41) is 9.10. The van der Waals surface area contributed by atoms with E-state index in [2.05, 4.69) is 0 Å². The van der Waals surface area contributed by atoms with Crippen LogP contribution in [0.3, 0.4) is 0 Å². The molecule has 0 aliphatic carbocycles. The third kappa shape index (κ3) is 1.68. The van der Waals surface area contributed by atoms with Crippen LogP contribution in [0.5, 0.6) is 0 Å². The van der Waals surface area contributed by atoms with E-state index in [4.69, 9.17) is 5.11 Å². The maximum Gasteiger partial charge on any atom is 0.178 e. The van der Waals surface area contributed by atoms with Gasteiger partial charge in [-0.15, -0.1) is 0 Å². The molecule has 1 N–H and O–H groups in total. The van der Waals surface area contributed by atoms with E-state index in [1.54, 1.807) is 12.1 Å². The van der Waals surface area contributed by atoms with E-state index in [0.717, 1.165) is 11.1 Å². The van der Waals surface area contributed by atoms with Gasteiger partial charge in [0.25, 0.3) is 0 Å². The first kappa shape index (κ1) is 10.6.